The Morgan fingerprint density at radius 2 is 1.53 bits per heavy atom. The first-order valence-electron chi connectivity index (χ1n) is 10.3. The van der Waals surface area contributed by atoms with E-state index in [-0.39, 0.29) is 11.8 Å². The summed E-state index contributed by atoms with van der Waals surface area (Å²) in [7, 11) is 0. The van der Waals surface area contributed by atoms with Crippen LogP contribution in [0.25, 0.3) is 0 Å². The smallest absolute Gasteiger partial charge is 0.255 e. The maximum atomic E-state index is 13.5. The molecule has 1 aliphatic heterocycles. The molecule has 0 spiro atoms. The number of hydrogen-bond donors (Lipinski definition) is 2. The largest absolute Gasteiger partial charge is 0.381 e. The van der Waals surface area contributed by atoms with E-state index in [1.807, 2.05) is 24.3 Å². The van der Waals surface area contributed by atoms with Crippen molar-refractivity contribution in [3.63, 3.8) is 0 Å². The Morgan fingerprint density at radius 1 is 0.875 bits per heavy atom. The zero-order valence-electron chi connectivity index (χ0n) is 17.2. The predicted molar refractivity (Wildman–Crippen MR) is 125 cm³/mol. The van der Waals surface area contributed by atoms with Crippen LogP contribution < -0.4 is 10.6 Å². The fourth-order valence-electron chi connectivity index (χ4n) is 3.89. The molecular weight excluding hydrogens is 475 g/mol. The summed E-state index contributed by atoms with van der Waals surface area (Å²) < 4.78 is 19.9. The molecule has 0 aliphatic carbocycles. The van der Waals surface area contributed by atoms with Crippen molar-refractivity contribution in [2.24, 2.45) is 0 Å². The van der Waals surface area contributed by atoms with E-state index >= 15 is 0 Å². The molecule has 4 rings (SSSR count). The van der Waals surface area contributed by atoms with Gasteiger partial charge in [-0.2, -0.15) is 0 Å². The molecule has 0 saturated carbocycles. The molecule has 164 valence electrons. The van der Waals surface area contributed by atoms with Gasteiger partial charge in [-0.05, 0) is 66.9 Å². The molecule has 7 heteroatoms. The minimum Gasteiger partial charge on any atom is -0.381 e. The second-order valence-corrected chi connectivity index (χ2v) is 8.62. The van der Waals surface area contributed by atoms with Crippen molar-refractivity contribution in [1.29, 1.82) is 0 Å². The lowest BCUT2D eigenvalue weighted by atomic mass is 9.73. The quantitative estimate of drug-likeness (QED) is 0.488. The Bertz CT molecular complexity index is 1130. The van der Waals surface area contributed by atoms with Crippen molar-refractivity contribution >= 4 is 39.1 Å². The van der Waals surface area contributed by atoms with Crippen LogP contribution in [0.4, 0.5) is 15.8 Å². The van der Waals surface area contributed by atoms with E-state index < -0.39 is 11.2 Å². The van der Waals surface area contributed by atoms with Gasteiger partial charge in [0.1, 0.15) is 5.82 Å². The Kier molecular flexibility index (Phi) is 6.67. The fourth-order valence-corrected chi connectivity index (χ4v) is 4.16. The molecule has 3 aromatic rings. The molecular formula is C25H22BrFN2O3. The maximum absolute atomic E-state index is 13.5. The number of nitrogens with one attached hydrogen (secondary N) is 2. The van der Waals surface area contributed by atoms with Gasteiger partial charge < -0.3 is 15.4 Å². The van der Waals surface area contributed by atoms with Crippen LogP contribution in [0.15, 0.2) is 77.3 Å². The number of carbonyl (C=O) groups excluding carboxylic acids is 2. The highest BCUT2D eigenvalue weighted by molar-refractivity contribution is 9.10. The minimum atomic E-state index is -0.710. The number of carbonyl (C=O) groups is 2. The predicted octanol–water partition coefficient (Wildman–Crippen LogP) is 5.53. The highest BCUT2D eigenvalue weighted by Crippen LogP contribution is 2.36. The number of amides is 2. The number of rotatable bonds is 5. The lowest BCUT2D eigenvalue weighted by Gasteiger charge is -2.36. The van der Waals surface area contributed by atoms with Gasteiger partial charge >= 0.3 is 0 Å². The van der Waals surface area contributed by atoms with Gasteiger partial charge in [0.05, 0.1) is 5.41 Å². The Hall–Kier alpha value is -3.03. The first-order chi connectivity index (χ1) is 15.5. The highest BCUT2D eigenvalue weighted by Gasteiger charge is 2.41. The summed E-state index contributed by atoms with van der Waals surface area (Å²) in [6.07, 6.45) is 1.14. The SMILES string of the molecule is O=C(Nc1cccc(F)c1)c1cccc(NC(=O)C2(c3ccc(Br)cc3)CCOCC2)c1. The molecule has 3 aromatic carbocycles. The van der Waals surface area contributed by atoms with Gasteiger partial charge in [-0.15, -0.1) is 0 Å². The molecule has 0 unspecified atom stereocenters. The third-order valence-electron chi connectivity index (χ3n) is 5.64. The second-order valence-electron chi connectivity index (χ2n) is 7.70. The summed E-state index contributed by atoms with van der Waals surface area (Å²) in [4.78, 5) is 26.1. The lowest BCUT2D eigenvalue weighted by molar-refractivity contribution is -0.125. The van der Waals surface area contributed by atoms with Gasteiger partial charge in [-0.25, -0.2) is 4.39 Å². The van der Waals surface area contributed by atoms with Crippen LogP contribution >= 0.6 is 15.9 Å². The summed E-state index contributed by atoms with van der Waals surface area (Å²) in [5.41, 5.74) is 1.46. The summed E-state index contributed by atoms with van der Waals surface area (Å²) in [5, 5.41) is 5.66. The van der Waals surface area contributed by atoms with Crippen LogP contribution in [0.1, 0.15) is 28.8 Å². The molecule has 5 nitrogen and oxygen atoms in total. The second kappa shape index (κ2) is 9.63. The van der Waals surface area contributed by atoms with E-state index in [1.165, 1.54) is 18.2 Å². The molecule has 2 N–H and O–H groups in total. The molecule has 1 fully saturated rings. The Labute approximate surface area is 194 Å². The number of ether oxygens (including phenoxy) is 1. The topological polar surface area (TPSA) is 67.4 Å². The van der Waals surface area contributed by atoms with Gasteiger partial charge in [-0.1, -0.05) is 40.2 Å². The first-order valence-corrected chi connectivity index (χ1v) is 11.1. The summed E-state index contributed by atoms with van der Waals surface area (Å²) in [6.45, 7) is 0.999. The fraction of sp³-hybridized carbons (Fsp3) is 0.200. The molecule has 0 atom stereocenters. The van der Waals surface area contributed by atoms with Crippen molar-refractivity contribution in [2.75, 3.05) is 23.8 Å². The van der Waals surface area contributed by atoms with E-state index in [2.05, 4.69) is 26.6 Å². The number of benzene rings is 3. The van der Waals surface area contributed by atoms with Crippen LogP contribution in [0.2, 0.25) is 0 Å². The van der Waals surface area contributed by atoms with Crippen molar-refractivity contribution in [1.82, 2.24) is 0 Å². The minimum absolute atomic E-state index is 0.134. The van der Waals surface area contributed by atoms with Crippen molar-refractivity contribution in [2.45, 2.75) is 18.3 Å². The van der Waals surface area contributed by atoms with Crippen LogP contribution in [-0.4, -0.2) is 25.0 Å². The molecule has 0 bridgehead atoms. The van der Waals surface area contributed by atoms with Gasteiger partial charge in [-0.3, -0.25) is 9.59 Å². The van der Waals surface area contributed by atoms with Gasteiger partial charge in [0, 0.05) is 34.6 Å². The third-order valence-corrected chi connectivity index (χ3v) is 6.17. The number of halogens is 2. The summed E-state index contributed by atoms with van der Waals surface area (Å²) in [5.74, 6) is -0.954. The van der Waals surface area contributed by atoms with Crippen LogP contribution in [0, 0.1) is 5.82 Å². The monoisotopic (exact) mass is 496 g/mol. The number of anilines is 2. The normalized spacial score (nSPS) is 15.1. The average molecular weight is 497 g/mol. The van der Waals surface area contributed by atoms with Crippen LogP contribution in [0.3, 0.4) is 0 Å². The van der Waals surface area contributed by atoms with E-state index in [0.29, 0.717) is 43.0 Å². The van der Waals surface area contributed by atoms with E-state index in [1.54, 1.807) is 30.3 Å². The molecule has 2 amide bonds. The van der Waals surface area contributed by atoms with Gasteiger partial charge in [0.2, 0.25) is 5.91 Å². The van der Waals surface area contributed by atoms with Crippen molar-refractivity contribution in [3.05, 3.63) is 94.2 Å². The van der Waals surface area contributed by atoms with E-state index in [4.69, 9.17) is 4.74 Å². The molecule has 0 radical (unpaired) electrons. The Morgan fingerprint density at radius 3 is 2.22 bits per heavy atom. The van der Waals surface area contributed by atoms with E-state index in [9.17, 15) is 14.0 Å². The molecule has 1 aliphatic rings. The molecule has 32 heavy (non-hydrogen) atoms. The molecule has 1 heterocycles. The van der Waals surface area contributed by atoms with Crippen molar-refractivity contribution < 1.29 is 18.7 Å². The van der Waals surface area contributed by atoms with Crippen molar-refractivity contribution in [3.8, 4) is 0 Å². The van der Waals surface area contributed by atoms with Crippen LogP contribution in [-0.2, 0) is 14.9 Å². The number of hydrogen-bond acceptors (Lipinski definition) is 3. The first kappa shape index (κ1) is 22.2. The van der Waals surface area contributed by atoms with Gasteiger partial charge in [0.15, 0.2) is 0 Å². The van der Waals surface area contributed by atoms with Crippen LogP contribution in [0.5, 0.6) is 0 Å². The Balaban J connectivity index is 1.54. The zero-order chi connectivity index (χ0) is 22.6. The average Bonchev–Trinajstić information content (AvgIpc) is 2.80. The maximum Gasteiger partial charge on any atom is 0.255 e. The lowest BCUT2D eigenvalue weighted by Crippen LogP contribution is -2.44. The van der Waals surface area contributed by atoms with Gasteiger partial charge in [0.25, 0.3) is 5.91 Å². The highest BCUT2D eigenvalue weighted by atomic mass is 79.9. The third kappa shape index (κ3) is 4.89. The zero-order valence-corrected chi connectivity index (χ0v) is 18.8. The summed E-state index contributed by atoms with van der Waals surface area (Å²) >= 11 is 3.44. The molecule has 0 aromatic heterocycles. The van der Waals surface area contributed by atoms with E-state index in [0.717, 1.165) is 10.0 Å². The summed E-state index contributed by atoms with van der Waals surface area (Å²) in [6, 6.07) is 20.2. The standard InChI is InChI=1S/C25H22BrFN2O3/c26-19-9-7-18(8-10-19)25(11-13-32-14-12-25)24(31)29-21-5-1-3-17(15-21)23(30)28-22-6-2-4-20(27)16-22/h1-10,15-16H,11-14H2,(H,28,30)(H,29,31). The molecule has 1 saturated heterocycles.